The lowest BCUT2D eigenvalue weighted by Gasteiger charge is -2.12. The van der Waals surface area contributed by atoms with E-state index in [1.165, 1.54) is 6.21 Å². The number of carbonyl (C=O) groups excluding carboxylic acids is 3. The zero-order valence-electron chi connectivity index (χ0n) is 30.0. The van der Waals surface area contributed by atoms with Gasteiger partial charge in [0.25, 0.3) is 17.7 Å². The van der Waals surface area contributed by atoms with Gasteiger partial charge in [0.15, 0.2) is 0 Å². The average Bonchev–Trinajstić information content (AvgIpc) is 3.65. The van der Waals surface area contributed by atoms with E-state index < -0.39 is 0 Å². The van der Waals surface area contributed by atoms with Crippen molar-refractivity contribution in [2.24, 2.45) is 10.2 Å². The number of aromatic amines is 1. The molecule has 11 nitrogen and oxygen atoms in total. The lowest BCUT2D eigenvalue weighted by molar-refractivity contribution is 0.0947. The summed E-state index contributed by atoms with van der Waals surface area (Å²) in [5.41, 5.74) is 14.1. The van der Waals surface area contributed by atoms with Gasteiger partial charge in [-0.15, -0.1) is 0 Å². The van der Waals surface area contributed by atoms with Gasteiger partial charge in [-0.05, 0) is 95.1 Å². The number of carbonyl (C=O) groups is 3. The molecule has 0 spiro atoms. The number of nitrogens with zero attached hydrogens (tertiary/aromatic N) is 4. The molecule has 6 aromatic carbocycles. The second kappa shape index (κ2) is 16.3. The van der Waals surface area contributed by atoms with E-state index in [-0.39, 0.29) is 17.7 Å². The van der Waals surface area contributed by atoms with Crippen molar-refractivity contribution in [2.45, 2.75) is 0 Å². The fourth-order valence-corrected chi connectivity index (χ4v) is 5.76. The van der Waals surface area contributed by atoms with Crippen LogP contribution in [-0.2, 0) is 0 Å². The Bertz CT molecular complexity index is 2540. The first-order valence-electron chi connectivity index (χ1n) is 17.4. The van der Waals surface area contributed by atoms with Crippen LogP contribution in [0.2, 0.25) is 0 Å². The van der Waals surface area contributed by atoms with E-state index in [9.17, 15) is 14.4 Å². The van der Waals surface area contributed by atoms with Gasteiger partial charge in [0.2, 0.25) is 0 Å². The fraction of sp³-hybridized carbons (Fsp3) is 0.0455. The van der Waals surface area contributed by atoms with Gasteiger partial charge in [-0.3, -0.25) is 14.4 Å². The topological polar surface area (TPSA) is 144 Å². The molecule has 0 aliphatic rings. The molecule has 7 rings (SSSR count). The van der Waals surface area contributed by atoms with Crippen LogP contribution in [0.3, 0.4) is 0 Å². The number of benzene rings is 6. The SMILES string of the molecule is CN(C)c1ccc(C(=O)Nc2ccc3[nH]c(-c4ccc(-c5cccc(C(=O)N/N=C/c6cccc(/C=N/NC(=O)c7ccccc7)c6)c5)cc4)nc3c2)cc1. The minimum absolute atomic E-state index is 0.192. The molecule has 11 heteroatoms. The highest BCUT2D eigenvalue weighted by molar-refractivity contribution is 6.05. The molecule has 0 bridgehead atoms. The van der Waals surface area contributed by atoms with Crippen LogP contribution in [0, 0.1) is 0 Å². The number of fused-ring (bicyclic) bond motifs is 1. The van der Waals surface area contributed by atoms with Crippen molar-refractivity contribution in [3.8, 4) is 22.5 Å². The summed E-state index contributed by atoms with van der Waals surface area (Å²) in [5, 5.41) is 11.1. The molecule has 0 saturated carbocycles. The second-order valence-electron chi connectivity index (χ2n) is 12.8. The maximum absolute atomic E-state index is 13.0. The molecule has 0 unspecified atom stereocenters. The predicted octanol–water partition coefficient (Wildman–Crippen LogP) is 7.74. The fourth-order valence-electron chi connectivity index (χ4n) is 5.76. The van der Waals surface area contributed by atoms with Gasteiger partial charge in [-0.1, -0.05) is 72.8 Å². The van der Waals surface area contributed by atoms with E-state index in [2.05, 4.69) is 31.4 Å². The highest BCUT2D eigenvalue weighted by Crippen LogP contribution is 2.27. The summed E-state index contributed by atoms with van der Waals surface area (Å²) in [4.78, 5) is 48.2. The molecule has 0 atom stereocenters. The molecule has 0 radical (unpaired) electrons. The highest BCUT2D eigenvalue weighted by atomic mass is 16.2. The van der Waals surface area contributed by atoms with Crippen molar-refractivity contribution >= 4 is 52.6 Å². The van der Waals surface area contributed by atoms with Crippen LogP contribution in [0.5, 0.6) is 0 Å². The lowest BCUT2D eigenvalue weighted by Crippen LogP contribution is -2.17. The van der Waals surface area contributed by atoms with Crippen LogP contribution < -0.4 is 21.1 Å². The van der Waals surface area contributed by atoms with E-state index in [0.29, 0.717) is 28.2 Å². The van der Waals surface area contributed by atoms with Gasteiger partial charge in [-0.2, -0.15) is 10.2 Å². The summed E-state index contributed by atoms with van der Waals surface area (Å²) in [6, 6.07) is 44.4. The Morgan fingerprint density at radius 2 is 1.20 bits per heavy atom. The number of aromatic nitrogens is 2. The zero-order chi connectivity index (χ0) is 38.1. The lowest BCUT2D eigenvalue weighted by atomic mass is 10.0. The molecular weight excluding hydrogens is 689 g/mol. The summed E-state index contributed by atoms with van der Waals surface area (Å²) in [6.45, 7) is 0. The predicted molar refractivity (Wildman–Crippen MR) is 219 cm³/mol. The standard InChI is InChI=1S/C44H36N8O3/c1-52(2)38-21-18-34(19-22-38)42(53)47-37-20-23-39-40(26-37)49-41(48-39)32-16-14-31(15-17-32)35-12-7-13-36(25-35)44(55)51-46-28-30-9-6-8-29(24-30)27-45-50-43(54)33-10-4-3-5-11-33/h3-28H,1-2H3,(H,47,53)(H,48,49)(H,50,54)(H,51,55)/b45-27+,46-28+. The van der Waals surface area contributed by atoms with Crippen LogP contribution in [-0.4, -0.2) is 54.2 Å². The van der Waals surface area contributed by atoms with Crippen LogP contribution in [0.1, 0.15) is 42.2 Å². The summed E-state index contributed by atoms with van der Waals surface area (Å²) < 4.78 is 0. The van der Waals surface area contributed by atoms with Crippen molar-refractivity contribution in [2.75, 3.05) is 24.3 Å². The number of nitrogens with one attached hydrogen (secondary N) is 4. The molecule has 1 aromatic heterocycles. The van der Waals surface area contributed by atoms with Gasteiger partial charge >= 0.3 is 0 Å². The molecule has 7 aromatic rings. The Morgan fingerprint density at radius 3 is 1.89 bits per heavy atom. The monoisotopic (exact) mass is 724 g/mol. The minimum Gasteiger partial charge on any atom is -0.378 e. The third-order valence-electron chi connectivity index (χ3n) is 8.71. The first-order chi connectivity index (χ1) is 26.8. The van der Waals surface area contributed by atoms with Gasteiger partial charge in [0.05, 0.1) is 23.5 Å². The molecule has 0 aliphatic heterocycles. The molecular formula is C44H36N8O3. The third kappa shape index (κ3) is 8.87. The van der Waals surface area contributed by atoms with E-state index in [1.807, 2.05) is 122 Å². The second-order valence-corrected chi connectivity index (χ2v) is 12.8. The van der Waals surface area contributed by atoms with E-state index in [4.69, 9.17) is 4.98 Å². The van der Waals surface area contributed by atoms with Crippen LogP contribution in [0.25, 0.3) is 33.5 Å². The van der Waals surface area contributed by atoms with Gasteiger partial charge in [-0.25, -0.2) is 15.8 Å². The Balaban J connectivity index is 0.956. The van der Waals surface area contributed by atoms with E-state index in [0.717, 1.165) is 44.5 Å². The van der Waals surface area contributed by atoms with E-state index >= 15 is 0 Å². The van der Waals surface area contributed by atoms with Gasteiger partial charge in [0, 0.05) is 47.7 Å². The van der Waals surface area contributed by atoms with Crippen molar-refractivity contribution in [1.82, 2.24) is 20.8 Å². The van der Waals surface area contributed by atoms with Crippen molar-refractivity contribution in [3.05, 3.63) is 173 Å². The Morgan fingerprint density at radius 1 is 0.582 bits per heavy atom. The van der Waals surface area contributed by atoms with Crippen LogP contribution in [0.15, 0.2) is 156 Å². The largest absolute Gasteiger partial charge is 0.378 e. The maximum Gasteiger partial charge on any atom is 0.271 e. The van der Waals surface area contributed by atoms with Crippen molar-refractivity contribution in [3.63, 3.8) is 0 Å². The number of anilines is 2. The van der Waals surface area contributed by atoms with Gasteiger partial charge < -0.3 is 15.2 Å². The zero-order valence-corrected chi connectivity index (χ0v) is 30.0. The summed E-state index contributed by atoms with van der Waals surface area (Å²) in [5.74, 6) is -0.148. The molecule has 3 amide bonds. The first-order valence-corrected chi connectivity index (χ1v) is 17.4. The minimum atomic E-state index is -0.351. The number of imidazole rings is 1. The Hall–Kier alpha value is -7.66. The molecule has 0 fully saturated rings. The smallest absolute Gasteiger partial charge is 0.271 e. The van der Waals surface area contributed by atoms with E-state index in [1.54, 1.807) is 48.7 Å². The molecule has 55 heavy (non-hydrogen) atoms. The highest BCUT2D eigenvalue weighted by Gasteiger charge is 2.12. The van der Waals surface area contributed by atoms with Gasteiger partial charge in [0.1, 0.15) is 5.82 Å². The summed E-state index contributed by atoms with van der Waals surface area (Å²) in [6.07, 6.45) is 3.08. The van der Waals surface area contributed by atoms with Crippen molar-refractivity contribution in [1.29, 1.82) is 0 Å². The maximum atomic E-state index is 13.0. The quantitative estimate of drug-likeness (QED) is 0.0797. The summed E-state index contributed by atoms with van der Waals surface area (Å²) in [7, 11) is 3.91. The Kier molecular flexibility index (Phi) is 10.6. The number of amides is 3. The molecule has 4 N–H and O–H groups in total. The number of hydrazone groups is 2. The third-order valence-corrected chi connectivity index (χ3v) is 8.71. The molecule has 0 saturated heterocycles. The number of hydrogen-bond donors (Lipinski definition) is 4. The number of H-pyrrole nitrogens is 1. The number of rotatable bonds is 11. The van der Waals surface area contributed by atoms with Crippen molar-refractivity contribution < 1.29 is 14.4 Å². The molecule has 270 valence electrons. The van der Waals surface area contributed by atoms with Crippen LogP contribution in [0.4, 0.5) is 11.4 Å². The normalized spacial score (nSPS) is 11.2. The first kappa shape index (κ1) is 35.7. The molecule has 1 heterocycles. The molecule has 0 aliphatic carbocycles. The Labute approximate surface area is 317 Å². The van der Waals surface area contributed by atoms with Crippen LogP contribution >= 0.6 is 0 Å². The number of hydrogen-bond acceptors (Lipinski definition) is 7. The summed E-state index contributed by atoms with van der Waals surface area (Å²) >= 11 is 0. The average molecular weight is 725 g/mol.